The Kier molecular flexibility index (Phi) is 5.61. The molecular formula is C15H19FN2OS. The number of hydrogen-bond acceptors (Lipinski definition) is 3. The fourth-order valence-electron chi connectivity index (χ4n) is 1.97. The SMILES string of the molecule is CCCn1ccnc1CC(O)CSc1ccc(F)cc1. The van der Waals surface area contributed by atoms with Crippen LogP contribution in [0.5, 0.6) is 0 Å². The van der Waals surface area contributed by atoms with E-state index in [4.69, 9.17) is 0 Å². The maximum Gasteiger partial charge on any atom is 0.123 e. The monoisotopic (exact) mass is 294 g/mol. The first-order valence-electron chi connectivity index (χ1n) is 6.75. The van der Waals surface area contributed by atoms with E-state index in [-0.39, 0.29) is 5.82 Å². The summed E-state index contributed by atoms with van der Waals surface area (Å²) in [4.78, 5) is 5.25. The van der Waals surface area contributed by atoms with Gasteiger partial charge in [-0.1, -0.05) is 6.92 Å². The molecule has 0 aliphatic carbocycles. The molecule has 1 unspecified atom stereocenters. The molecule has 0 saturated carbocycles. The molecule has 2 rings (SSSR count). The number of benzene rings is 1. The molecule has 0 aliphatic heterocycles. The Labute approximate surface area is 122 Å². The summed E-state index contributed by atoms with van der Waals surface area (Å²) < 4.78 is 14.9. The van der Waals surface area contributed by atoms with Crippen molar-refractivity contribution >= 4 is 11.8 Å². The van der Waals surface area contributed by atoms with Crippen LogP contribution in [0.2, 0.25) is 0 Å². The zero-order valence-electron chi connectivity index (χ0n) is 11.5. The molecule has 108 valence electrons. The van der Waals surface area contributed by atoms with Gasteiger partial charge in [-0.05, 0) is 30.7 Å². The van der Waals surface area contributed by atoms with Crippen LogP contribution < -0.4 is 0 Å². The first kappa shape index (κ1) is 15.1. The number of imidazole rings is 1. The standard InChI is InChI=1S/C15H19FN2OS/c1-2-8-18-9-7-17-15(18)10-13(19)11-20-14-5-3-12(16)4-6-14/h3-7,9,13,19H,2,8,10-11H2,1H3. The van der Waals surface area contributed by atoms with Gasteiger partial charge >= 0.3 is 0 Å². The van der Waals surface area contributed by atoms with Crippen molar-refractivity contribution in [3.05, 3.63) is 48.3 Å². The van der Waals surface area contributed by atoms with Crippen molar-refractivity contribution in [1.82, 2.24) is 9.55 Å². The third-order valence-corrected chi connectivity index (χ3v) is 4.10. The summed E-state index contributed by atoms with van der Waals surface area (Å²) >= 11 is 1.52. The van der Waals surface area contributed by atoms with Gasteiger partial charge in [-0.2, -0.15) is 0 Å². The highest BCUT2D eigenvalue weighted by Crippen LogP contribution is 2.20. The van der Waals surface area contributed by atoms with E-state index in [0.717, 1.165) is 23.7 Å². The van der Waals surface area contributed by atoms with Crippen LogP contribution in [0.25, 0.3) is 0 Å². The maximum absolute atomic E-state index is 12.8. The number of aliphatic hydroxyl groups excluding tert-OH is 1. The lowest BCUT2D eigenvalue weighted by Crippen LogP contribution is -2.17. The highest BCUT2D eigenvalue weighted by atomic mass is 32.2. The van der Waals surface area contributed by atoms with Gasteiger partial charge in [-0.3, -0.25) is 0 Å². The number of rotatable bonds is 7. The van der Waals surface area contributed by atoms with Crippen LogP contribution in [0.1, 0.15) is 19.2 Å². The molecule has 1 aromatic carbocycles. The lowest BCUT2D eigenvalue weighted by Gasteiger charge is -2.11. The number of nitrogens with zero attached hydrogens (tertiary/aromatic N) is 2. The van der Waals surface area contributed by atoms with Gasteiger partial charge in [0.1, 0.15) is 11.6 Å². The van der Waals surface area contributed by atoms with Gasteiger partial charge in [0.15, 0.2) is 0 Å². The zero-order valence-corrected chi connectivity index (χ0v) is 12.3. The largest absolute Gasteiger partial charge is 0.392 e. The molecule has 2 aromatic rings. The average molecular weight is 294 g/mol. The lowest BCUT2D eigenvalue weighted by molar-refractivity contribution is 0.196. The number of halogens is 1. The fraction of sp³-hybridized carbons (Fsp3) is 0.400. The van der Waals surface area contributed by atoms with Crippen molar-refractivity contribution < 1.29 is 9.50 Å². The third-order valence-electron chi connectivity index (χ3n) is 2.94. The summed E-state index contributed by atoms with van der Waals surface area (Å²) in [7, 11) is 0. The summed E-state index contributed by atoms with van der Waals surface area (Å²) in [6.07, 6.45) is 4.84. The summed E-state index contributed by atoms with van der Waals surface area (Å²) in [6.45, 7) is 3.04. The Bertz CT molecular complexity index is 527. The van der Waals surface area contributed by atoms with Gasteiger partial charge in [-0.25, -0.2) is 9.37 Å². The van der Waals surface area contributed by atoms with Crippen molar-refractivity contribution in [2.45, 2.75) is 37.3 Å². The fourth-order valence-corrected chi connectivity index (χ4v) is 2.80. The van der Waals surface area contributed by atoms with Gasteiger partial charge in [-0.15, -0.1) is 11.8 Å². The summed E-state index contributed by atoms with van der Waals surface area (Å²) in [5, 5.41) is 10.1. The minimum atomic E-state index is -0.456. The van der Waals surface area contributed by atoms with Crippen molar-refractivity contribution in [2.24, 2.45) is 0 Å². The van der Waals surface area contributed by atoms with Gasteiger partial charge < -0.3 is 9.67 Å². The Balaban J connectivity index is 1.84. The van der Waals surface area contributed by atoms with Crippen molar-refractivity contribution in [2.75, 3.05) is 5.75 Å². The quantitative estimate of drug-likeness (QED) is 0.797. The number of thioether (sulfide) groups is 1. The molecule has 1 aromatic heterocycles. The second-order valence-corrected chi connectivity index (χ2v) is 5.75. The molecule has 1 heterocycles. The summed E-state index contributed by atoms with van der Waals surface area (Å²) in [5.74, 6) is 1.25. The Morgan fingerprint density at radius 1 is 1.35 bits per heavy atom. The Morgan fingerprint density at radius 2 is 2.10 bits per heavy atom. The lowest BCUT2D eigenvalue weighted by atomic mass is 10.2. The van der Waals surface area contributed by atoms with Crippen LogP contribution in [0.3, 0.4) is 0 Å². The molecule has 0 fully saturated rings. The van der Waals surface area contributed by atoms with E-state index >= 15 is 0 Å². The normalized spacial score (nSPS) is 12.6. The van der Waals surface area contributed by atoms with E-state index < -0.39 is 6.10 Å². The number of aliphatic hydroxyl groups is 1. The number of aryl methyl sites for hydroxylation is 1. The van der Waals surface area contributed by atoms with E-state index in [1.165, 1.54) is 23.9 Å². The zero-order chi connectivity index (χ0) is 14.4. The highest BCUT2D eigenvalue weighted by molar-refractivity contribution is 7.99. The predicted octanol–water partition coefficient (Wildman–Crippen LogP) is 3.13. The van der Waals surface area contributed by atoms with Crippen LogP contribution in [-0.4, -0.2) is 26.5 Å². The molecule has 0 radical (unpaired) electrons. The van der Waals surface area contributed by atoms with Crippen LogP contribution in [0, 0.1) is 5.82 Å². The Morgan fingerprint density at radius 3 is 2.80 bits per heavy atom. The molecule has 1 atom stereocenters. The van der Waals surface area contributed by atoms with Crippen LogP contribution >= 0.6 is 11.8 Å². The molecule has 3 nitrogen and oxygen atoms in total. The molecular weight excluding hydrogens is 275 g/mol. The maximum atomic E-state index is 12.8. The van der Waals surface area contributed by atoms with E-state index in [1.54, 1.807) is 18.3 Å². The van der Waals surface area contributed by atoms with Crippen LogP contribution in [0.4, 0.5) is 4.39 Å². The molecule has 0 spiro atoms. The average Bonchev–Trinajstić information content (AvgIpc) is 2.86. The minimum Gasteiger partial charge on any atom is -0.392 e. The molecule has 5 heteroatoms. The van der Waals surface area contributed by atoms with Crippen LogP contribution in [0.15, 0.2) is 41.6 Å². The molecule has 1 N–H and O–H groups in total. The van der Waals surface area contributed by atoms with Gasteiger partial charge in [0.2, 0.25) is 0 Å². The first-order chi connectivity index (χ1) is 9.69. The van der Waals surface area contributed by atoms with Crippen molar-refractivity contribution in [3.63, 3.8) is 0 Å². The van der Waals surface area contributed by atoms with E-state index in [1.807, 2.05) is 6.20 Å². The number of aromatic nitrogens is 2. The summed E-state index contributed by atoms with van der Waals surface area (Å²) in [5.41, 5.74) is 0. The van der Waals surface area contributed by atoms with Crippen molar-refractivity contribution in [1.29, 1.82) is 0 Å². The van der Waals surface area contributed by atoms with E-state index in [2.05, 4.69) is 16.5 Å². The summed E-state index contributed by atoms with van der Waals surface area (Å²) in [6, 6.07) is 6.32. The van der Waals surface area contributed by atoms with Gasteiger partial charge in [0.05, 0.1) is 6.10 Å². The molecule has 0 bridgehead atoms. The minimum absolute atomic E-state index is 0.239. The molecule has 0 saturated heterocycles. The second kappa shape index (κ2) is 7.45. The molecule has 0 amide bonds. The van der Waals surface area contributed by atoms with Crippen molar-refractivity contribution in [3.8, 4) is 0 Å². The second-order valence-electron chi connectivity index (χ2n) is 4.66. The smallest absolute Gasteiger partial charge is 0.123 e. The van der Waals surface area contributed by atoms with Crippen LogP contribution in [-0.2, 0) is 13.0 Å². The molecule has 0 aliphatic rings. The van der Waals surface area contributed by atoms with Gasteiger partial charge in [0.25, 0.3) is 0 Å². The number of hydrogen-bond donors (Lipinski definition) is 1. The third kappa shape index (κ3) is 4.35. The van der Waals surface area contributed by atoms with E-state index in [0.29, 0.717) is 12.2 Å². The highest BCUT2D eigenvalue weighted by Gasteiger charge is 2.10. The van der Waals surface area contributed by atoms with E-state index in [9.17, 15) is 9.50 Å². The van der Waals surface area contributed by atoms with Gasteiger partial charge in [0, 0.05) is 36.0 Å². The predicted molar refractivity (Wildman–Crippen MR) is 79.4 cm³/mol. The topological polar surface area (TPSA) is 38.0 Å². The first-order valence-corrected chi connectivity index (χ1v) is 7.74. The molecule has 20 heavy (non-hydrogen) atoms. The Hall–Kier alpha value is -1.33.